The first kappa shape index (κ1) is 19.4. The van der Waals surface area contributed by atoms with E-state index in [1.54, 1.807) is 20.8 Å². The summed E-state index contributed by atoms with van der Waals surface area (Å²) in [6.07, 6.45) is -0.405. The molecular weight excluding hydrogens is 345 g/mol. The van der Waals surface area contributed by atoms with Crippen LogP contribution in [0.3, 0.4) is 0 Å². The Hall–Kier alpha value is 0.367. The Bertz CT molecular complexity index is 245. The van der Waals surface area contributed by atoms with Crippen LogP contribution in [-0.4, -0.2) is 39.1 Å². The van der Waals surface area contributed by atoms with E-state index in [1.807, 2.05) is 0 Å². The van der Waals surface area contributed by atoms with Crippen LogP contribution in [-0.2, 0) is 13.3 Å². The van der Waals surface area contributed by atoms with E-state index >= 15 is 0 Å². The highest BCUT2D eigenvalue weighted by molar-refractivity contribution is 9.10. The SMILES string of the molecule is CCO[Si](CCC(C)(F)C(F)(F)Br)(OCC)OCC. The molecule has 0 aliphatic rings. The largest absolute Gasteiger partial charge is 0.501 e. The lowest BCUT2D eigenvalue weighted by Gasteiger charge is -2.32. The van der Waals surface area contributed by atoms with E-state index < -0.39 is 25.7 Å². The molecule has 0 saturated carbocycles. The second-order valence-corrected chi connectivity index (χ2v) is 7.91. The van der Waals surface area contributed by atoms with Gasteiger partial charge in [-0.05, 0) is 50.0 Å². The van der Waals surface area contributed by atoms with Gasteiger partial charge in [0.25, 0.3) is 0 Å². The highest BCUT2D eigenvalue weighted by Crippen LogP contribution is 2.42. The van der Waals surface area contributed by atoms with E-state index in [4.69, 9.17) is 13.3 Å². The van der Waals surface area contributed by atoms with Crippen molar-refractivity contribution < 1.29 is 26.4 Å². The molecule has 0 amide bonds. The average molecular weight is 367 g/mol. The van der Waals surface area contributed by atoms with E-state index in [9.17, 15) is 13.2 Å². The van der Waals surface area contributed by atoms with Crippen molar-refractivity contribution in [3.8, 4) is 0 Å². The summed E-state index contributed by atoms with van der Waals surface area (Å²) in [5, 5.41) is 0. The first-order valence-corrected chi connectivity index (χ1v) is 9.04. The van der Waals surface area contributed by atoms with Gasteiger partial charge in [0, 0.05) is 25.9 Å². The monoisotopic (exact) mass is 366 g/mol. The number of alkyl halides is 4. The lowest BCUT2D eigenvalue weighted by atomic mass is 10.1. The molecule has 0 bridgehead atoms. The van der Waals surface area contributed by atoms with Gasteiger partial charge in [0.15, 0.2) is 5.67 Å². The molecule has 0 aliphatic carbocycles. The molecule has 0 rings (SSSR count). The molecule has 0 aromatic carbocycles. The Morgan fingerprint density at radius 2 is 1.32 bits per heavy atom. The fraction of sp³-hybridized carbons (Fsp3) is 1.00. The van der Waals surface area contributed by atoms with Gasteiger partial charge in [-0.15, -0.1) is 0 Å². The molecule has 0 spiro atoms. The number of hydrogen-bond acceptors (Lipinski definition) is 3. The fourth-order valence-corrected chi connectivity index (χ4v) is 4.51. The molecule has 0 N–H and O–H groups in total. The molecular formula is C11H22BrF3O3Si. The van der Waals surface area contributed by atoms with Crippen LogP contribution in [0.5, 0.6) is 0 Å². The summed E-state index contributed by atoms with van der Waals surface area (Å²) in [5.41, 5.74) is -2.68. The minimum Gasteiger partial charge on any atom is -0.374 e. The van der Waals surface area contributed by atoms with Gasteiger partial charge >= 0.3 is 13.6 Å². The number of halogens is 4. The smallest absolute Gasteiger partial charge is 0.374 e. The van der Waals surface area contributed by atoms with Crippen molar-refractivity contribution in [2.45, 2.75) is 50.7 Å². The Morgan fingerprint density at radius 3 is 1.58 bits per heavy atom. The summed E-state index contributed by atoms with van der Waals surface area (Å²) in [7, 11) is -3.08. The third-order valence-corrected chi connectivity index (χ3v) is 6.46. The molecule has 0 aromatic rings. The zero-order valence-corrected chi connectivity index (χ0v) is 14.4. The highest BCUT2D eigenvalue weighted by Gasteiger charge is 2.52. The first-order valence-electron chi connectivity index (χ1n) is 6.31. The zero-order valence-electron chi connectivity index (χ0n) is 11.8. The first-order chi connectivity index (χ1) is 8.64. The van der Waals surface area contributed by atoms with Crippen molar-refractivity contribution in [1.82, 2.24) is 0 Å². The van der Waals surface area contributed by atoms with Crippen LogP contribution in [0.4, 0.5) is 13.2 Å². The summed E-state index contributed by atoms with van der Waals surface area (Å²) in [5.74, 6) is 0. The van der Waals surface area contributed by atoms with Crippen LogP contribution in [0.15, 0.2) is 0 Å². The third-order valence-electron chi connectivity index (χ3n) is 2.58. The van der Waals surface area contributed by atoms with Crippen molar-refractivity contribution in [2.75, 3.05) is 19.8 Å². The minimum absolute atomic E-state index is 0.0106. The maximum Gasteiger partial charge on any atom is 0.501 e. The minimum atomic E-state index is -3.59. The second-order valence-electron chi connectivity index (χ2n) is 4.18. The quantitative estimate of drug-likeness (QED) is 0.429. The maximum atomic E-state index is 13.9. The molecule has 1 atom stereocenters. The van der Waals surface area contributed by atoms with Crippen LogP contribution in [0, 0.1) is 0 Å². The zero-order chi connectivity index (χ0) is 15.2. The van der Waals surface area contributed by atoms with E-state index in [0.717, 1.165) is 6.92 Å². The van der Waals surface area contributed by atoms with Gasteiger partial charge in [-0.25, -0.2) is 4.39 Å². The van der Waals surface area contributed by atoms with Crippen molar-refractivity contribution in [3.05, 3.63) is 0 Å². The van der Waals surface area contributed by atoms with E-state index in [1.165, 1.54) is 0 Å². The molecule has 8 heteroatoms. The van der Waals surface area contributed by atoms with Crippen LogP contribution < -0.4 is 0 Å². The Labute approximate surface area is 122 Å². The van der Waals surface area contributed by atoms with Gasteiger partial charge in [0.05, 0.1) is 0 Å². The topological polar surface area (TPSA) is 27.7 Å². The lowest BCUT2D eigenvalue weighted by Crippen LogP contribution is -2.48. The van der Waals surface area contributed by atoms with Gasteiger partial charge in [-0.3, -0.25) is 0 Å². The van der Waals surface area contributed by atoms with E-state index in [0.29, 0.717) is 19.8 Å². The molecule has 0 fully saturated rings. The average Bonchev–Trinajstić information content (AvgIpc) is 2.26. The van der Waals surface area contributed by atoms with Gasteiger partial charge in [-0.1, -0.05) is 0 Å². The molecule has 0 heterocycles. The van der Waals surface area contributed by atoms with Crippen molar-refractivity contribution in [3.63, 3.8) is 0 Å². The Balaban J connectivity index is 4.81. The Kier molecular flexibility index (Phi) is 8.12. The van der Waals surface area contributed by atoms with Gasteiger partial charge in [0.1, 0.15) is 0 Å². The van der Waals surface area contributed by atoms with Crippen molar-refractivity contribution >= 4 is 24.7 Å². The van der Waals surface area contributed by atoms with Gasteiger partial charge in [0.2, 0.25) is 0 Å². The molecule has 0 radical (unpaired) electrons. The third kappa shape index (κ3) is 6.11. The number of hydrogen-bond donors (Lipinski definition) is 0. The van der Waals surface area contributed by atoms with Crippen LogP contribution >= 0.6 is 15.9 Å². The molecule has 19 heavy (non-hydrogen) atoms. The van der Waals surface area contributed by atoms with Crippen molar-refractivity contribution in [1.29, 1.82) is 0 Å². The predicted molar refractivity (Wildman–Crippen MR) is 73.4 cm³/mol. The summed E-state index contributed by atoms with van der Waals surface area (Å²) >= 11 is 2.07. The summed E-state index contributed by atoms with van der Waals surface area (Å²) in [6.45, 7) is 7.12. The fourth-order valence-electron chi connectivity index (χ4n) is 1.53. The summed E-state index contributed by atoms with van der Waals surface area (Å²) in [4.78, 5) is -3.59. The molecule has 116 valence electrons. The second kappa shape index (κ2) is 7.97. The highest BCUT2D eigenvalue weighted by atomic mass is 79.9. The maximum absolute atomic E-state index is 13.9. The normalized spacial score (nSPS) is 16.4. The van der Waals surface area contributed by atoms with E-state index in [2.05, 4.69) is 15.9 Å². The molecule has 0 aromatic heterocycles. The van der Waals surface area contributed by atoms with E-state index in [-0.39, 0.29) is 6.04 Å². The lowest BCUT2D eigenvalue weighted by molar-refractivity contribution is -0.0519. The van der Waals surface area contributed by atoms with Gasteiger partial charge < -0.3 is 13.3 Å². The molecule has 0 aliphatic heterocycles. The molecule has 0 saturated heterocycles. The Morgan fingerprint density at radius 1 is 0.947 bits per heavy atom. The standard InChI is InChI=1S/C11H22BrF3O3Si/c1-5-16-19(17-6-2,18-7-3)9-8-10(4,13)11(12,14)15/h5-9H2,1-4H3. The molecule has 3 nitrogen and oxygen atoms in total. The van der Waals surface area contributed by atoms with Gasteiger partial charge in [-0.2, -0.15) is 8.78 Å². The van der Waals surface area contributed by atoms with Crippen LogP contribution in [0.25, 0.3) is 0 Å². The summed E-state index contributed by atoms with van der Waals surface area (Å²) in [6, 6.07) is 0.0106. The van der Waals surface area contributed by atoms with Crippen LogP contribution in [0.1, 0.15) is 34.1 Å². The predicted octanol–water partition coefficient (Wildman–Crippen LogP) is 4.14. The van der Waals surface area contributed by atoms with Crippen molar-refractivity contribution in [2.24, 2.45) is 0 Å². The number of rotatable bonds is 10. The van der Waals surface area contributed by atoms with Crippen LogP contribution in [0.2, 0.25) is 6.04 Å². The molecule has 1 unspecified atom stereocenters. The summed E-state index contributed by atoms with van der Waals surface area (Å²) < 4.78 is 56.5.